The van der Waals surface area contributed by atoms with Crippen LogP contribution in [0.3, 0.4) is 0 Å². The van der Waals surface area contributed by atoms with Crippen LogP contribution in [0.4, 0.5) is 0 Å². The summed E-state index contributed by atoms with van der Waals surface area (Å²) in [5, 5.41) is 0.958. The van der Waals surface area contributed by atoms with Crippen molar-refractivity contribution < 1.29 is 9.53 Å². The van der Waals surface area contributed by atoms with E-state index in [1.54, 1.807) is 7.11 Å². The third-order valence-electron chi connectivity index (χ3n) is 3.73. The van der Waals surface area contributed by atoms with E-state index in [0.29, 0.717) is 0 Å². The third-order valence-corrected chi connectivity index (χ3v) is 3.73. The Morgan fingerprint density at radius 1 is 1.14 bits per heavy atom. The van der Waals surface area contributed by atoms with Crippen LogP contribution in [0.25, 0.3) is 10.9 Å². The summed E-state index contributed by atoms with van der Waals surface area (Å²) in [6.07, 6.45) is 2.20. The summed E-state index contributed by atoms with van der Waals surface area (Å²) >= 11 is 0. The van der Waals surface area contributed by atoms with Gasteiger partial charge in [-0.1, -0.05) is 36.4 Å². The molecule has 2 N–H and O–H groups in total. The Morgan fingerprint density at radius 2 is 1.91 bits per heavy atom. The molecule has 3 aromatic rings. The number of primary amides is 1. The van der Waals surface area contributed by atoms with Gasteiger partial charge in [-0.15, -0.1) is 0 Å². The fraction of sp³-hybridized carbons (Fsp3) is 0.167. The van der Waals surface area contributed by atoms with E-state index in [-0.39, 0.29) is 12.3 Å². The summed E-state index contributed by atoms with van der Waals surface area (Å²) in [6, 6.07) is 16.1. The molecule has 0 aliphatic rings. The van der Waals surface area contributed by atoms with Crippen molar-refractivity contribution in [2.24, 2.45) is 5.73 Å². The topological polar surface area (TPSA) is 57.2 Å². The summed E-state index contributed by atoms with van der Waals surface area (Å²) in [5.41, 5.74) is 8.52. The molecule has 0 saturated heterocycles. The number of nitrogens with zero attached hydrogens (tertiary/aromatic N) is 1. The average molecular weight is 294 g/mol. The number of nitrogens with two attached hydrogens (primary N) is 1. The maximum Gasteiger partial charge on any atom is 0.221 e. The average Bonchev–Trinajstić information content (AvgIpc) is 2.85. The Bertz CT molecular complexity index is 807. The lowest BCUT2D eigenvalue weighted by atomic mass is 10.1. The van der Waals surface area contributed by atoms with Crippen molar-refractivity contribution in [2.45, 2.75) is 13.0 Å². The highest BCUT2D eigenvalue weighted by atomic mass is 16.5. The number of benzene rings is 2. The predicted octanol–water partition coefficient (Wildman–Crippen LogP) is 2.73. The van der Waals surface area contributed by atoms with E-state index in [0.717, 1.165) is 28.8 Å². The molecule has 0 spiro atoms. The fourth-order valence-electron chi connectivity index (χ4n) is 2.81. The SMILES string of the molecule is COc1cccc2c1c(CC(N)=O)cn2Cc1ccccc1. The normalized spacial score (nSPS) is 10.8. The fourth-order valence-corrected chi connectivity index (χ4v) is 2.81. The van der Waals surface area contributed by atoms with E-state index in [9.17, 15) is 4.79 Å². The standard InChI is InChI=1S/C18H18N2O2/c1-22-16-9-5-8-15-18(16)14(10-17(19)21)12-20(15)11-13-6-3-2-4-7-13/h2-9,12H,10-11H2,1H3,(H2,19,21). The molecule has 0 saturated carbocycles. The lowest BCUT2D eigenvalue weighted by Gasteiger charge is -2.07. The van der Waals surface area contributed by atoms with Crippen LogP contribution in [0.15, 0.2) is 54.7 Å². The summed E-state index contributed by atoms with van der Waals surface area (Å²) in [6.45, 7) is 0.739. The number of fused-ring (bicyclic) bond motifs is 1. The molecule has 1 aromatic heterocycles. The molecule has 1 heterocycles. The van der Waals surface area contributed by atoms with Crippen molar-refractivity contribution in [3.8, 4) is 5.75 Å². The number of hydrogen-bond donors (Lipinski definition) is 1. The van der Waals surface area contributed by atoms with Crippen LogP contribution in [0.1, 0.15) is 11.1 Å². The molecule has 4 heteroatoms. The van der Waals surface area contributed by atoms with E-state index in [1.165, 1.54) is 5.56 Å². The number of amides is 1. The van der Waals surface area contributed by atoms with Gasteiger partial charge in [-0.05, 0) is 23.3 Å². The molecule has 3 rings (SSSR count). The maximum absolute atomic E-state index is 11.4. The van der Waals surface area contributed by atoms with E-state index < -0.39 is 0 Å². The number of carbonyl (C=O) groups excluding carboxylic acids is 1. The minimum absolute atomic E-state index is 0.207. The largest absolute Gasteiger partial charge is 0.496 e. The van der Waals surface area contributed by atoms with Gasteiger partial charge in [0.05, 0.1) is 19.0 Å². The highest BCUT2D eigenvalue weighted by molar-refractivity contribution is 5.93. The predicted molar refractivity (Wildman–Crippen MR) is 86.9 cm³/mol. The number of methoxy groups -OCH3 is 1. The smallest absolute Gasteiger partial charge is 0.221 e. The Morgan fingerprint density at radius 3 is 2.59 bits per heavy atom. The number of hydrogen-bond acceptors (Lipinski definition) is 2. The molecule has 0 fully saturated rings. The molecule has 0 radical (unpaired) electrons. The minimum atomic E-state index is -0.343. The molecule has 0 aliphatic heterocycles. The summed E-state index contributed by atoms with van der Waals surface area (Å²) < 4.78 is 7.58. The highest BCUT2D eigenvalue weighted by Gasteiger charge is 2.14. The number of ether oxygens (including phenoxy) is 1. The molecular weight excluding hydrogens is 276 g/mol. The van der Waals surface area contributed by atoms with Crippen molar-refractivity contribution in [2.75, 3.05) is 7.11 Å². The van der Waals surface area contributed by atoms with Crippen molar-refractivity contribution in [3.63, 3.8) is 0 Å². The molecule has 0 atom stereocenters. The van der Waals surface area contributed by atoms with Gasteiger partial charge in [-0.3, -0.25) is 4.79 Å². The van der Waals surface area contributed by atoms with Crippen LogP contribution in [-0.4, -0.2) is 17.6 Å². The molecule has 22 heavy (non-hydrogen) atoms. The van der Waals surface area contributed by atoms with Crippen LogP contribution < -0.4 is 10.5 Å². The zero-order valence-electron chi connectivity index (χ0n) is 12.5. The van der Waals surface area contributed by atoms with E-state index in [1.807, 2.05) is 42.6 Å². The lowest BCUT2D eigenvalue weighted by Crippen LogP contribution is -2.13. The Labute approximate surface area is 129 Å². The monoisotopic (exact) mass is 294 g/mol. The molecule has 2 aromatic carbocycles. The Hall–Kier alpha value is -2.75. The second-order valence-electron chi connectivity index (χ2n) is 5.27. The van der Waals surface area contributed by atoms with E-state index in [2.05, 4.69) is 16.7 Å². The van der Waals surface area contributed by atoms with Crippen molar-refractivity contribution in [1.82, 2.24) is 4.57 Å². The molecule has 1 amide bonds. The highest BCUT2D eigenvalue weighted by Crippen LogP contribution is 2.31. The number of carbonyl (C=O) groups is 1. The van der Waals surface area contributed by atoms with Gasteiger partial charge >= 0.3 is 0 Å². The summed E-state index contributed by atoms with van der Waals surface area (Å²) in [5.74, 6) is 0.422. The van der Waals surface area contributed by atoms with Gasteiger partial charge in [-0.2, -0.15) is 0 Å². The van der Waals surface area contributed by atoms with Crippen LogP contribution in [0, 0.1) is 0 Å². The maximum atomic E-state index is 11.4. The van der Waals surface area contributed by atoms with Crippen LogP contribution in [-0.2, 0) is 17.8 Å². The first kappa shape index (κ1) is 14.2. The molecule has 0 aliphatic carbocycles. The number of rotatable bonds is 5. The second-order valence-corrected chi connectivity index (χ2v) is 5.27. The molecule has 4 nitrogen and oxygen atoms in total. The van der Waals surface area contributed by atoms with Gasteiger partial charge in [0, 0.05) is 18.1 Å². The molecule has 0 unspecified atom stereocenters. The van der Waals surface area contributed by atoms with Gasteiger partial charge < -0.3 is 15.0 Å². The third kappa shape index (κ3) is 2.68. The molecular formula is C18H18N2O2. The van der Waals surface area contributed by atoms with E-state index >= 15 is 0 Å². The first-order chi connectivity index (χ1) is 10.7. The van der Waals surface area contributed by atoms with E-state index in [4.69, 9.17) is 10.5 Å². The van der Waals surface area contributed by atoms with Gasteiger partial charge in [0.25, 0.3) is 0 Å². The van der Waals surface area contributed by atoms with Crippen LogP contribution in [0.5, 0.6) is 5.75 Å². The van der Waals surface area contributed by atoms with Gasteiger partial charge in [0.2, 0.25) is 5.91 Å². The van der Waals surface area contributed by atoms with Crippen LogP contribution >= 0.6 is 0 Å². The Balaban J connectivity index is 2.12. The quantitative estimate of drug-likeness (QED) is 0.786. The summed E-state index contributed by atoms with van der Waals surface area (Å²) in [7, 11) is 1.64. The van der Waals surface area contributed by atoms with Crippen molar-refractivity contribution in [1.29, 1.82) is 0 Å². The molecule has 0 bridgehead atoms. The minimum Gasteiger partial charge on any atom is -0.496 e. The lowest BCUT2D eigenvalue weighted by molar-refractivity contribution is -0.117. The zero-order valence-corrected chi connectivity index (χ0v) is 12.5. The van der Waals surface area contributed by atoms with Gasteiger partial charge in [-0.25, -0.2) is 0 Å². The summed E-state index contributed by atoms with van der Waals surface area (Å²) in [4.78, 5) is 11.4. The Kier molecular flexibility index (Phi) is 3.83. The first-order valence-electron chi connectivity index (χ1n) is 7.16. The zero-order chi connectivity index (χ0) is 15.5. The van der Waals surface area contributed by atoms with Crippen LogP contribution in [0.2, 0.25) is 0 Å². The van der Waals surface area contributed by atoms with Crippen molar-refractivity contribution >= 4 is 16.8 Å². The number of aromatic nitrogens is 1. The van der Waals surface area contributed by atoms with Crippen molar-refractivity contribution in [3.05, 3.63) is 65.9 Å². The molecule has 112 valence electrons. The van der Waals surface area contributed by atoms with Gasteiger partial charge in [0.1, 0.15) is 5.75 Å². The second kappa shape index (κ2) is 5.93. The van der Waals surface area contributed by atoms with Gasteiger partial charge in [0.15, 0.2) is 0 Å². The first-order valence-corrected chi connectivity index (χ1v) is 7.16.